The van der Waals surface area contributed by atoms with Crippen molar-refractivity contribution in [2.75, 3.05) is 13.2 Å². The maximum Gasteiger partial charge on any atom is 0.270 e. The quantitative estimate of drug-likeness (QED) is 0.681. The summed E-state index contributed by atoms with van der Waals surface area (Å²) in [5.41, 5.74) is -0.0984. The maximum atomic E-state index is 11.9. The number of aromatic nitrogens is 1. The number of hydrogen-bond acceptors (Lipinski definition) is 5. The van der Waals surface area contributed by atoms with Crippen LogP contribution in [-0.4, -0.2) is 39.9 Å². The Morgan fingerprint density at radius 3 is 2.56 bits per heavy atom. The van der Waals surface area contributed by atoms with Crippen molar-refractivity contribution in [3.8, 4) is 6.07 Å². The van der Waals surface area contributed by atoms with Gasteiger partial charge in [0.15, 0.2) is 0 Å². The van der Waals surface area contributed by atoms with Gasteiger partial charge in [-0.25, -0.2) is 4.98 Å². The van der Waals surface area contributed by atoms with Gasteiger partial charge in [-0.1, -0.05) is 0 Å². The maximum absolute atomic E-state index is 11.9. The summed E-state index contributed by atoms with van der Waals surface area (Å²) in [4.78, 5) is 15.9. The third-order valence-electron chi connectivity index (χ3n) is 2.55. The van der Waals surface area contributed by atoms with Crippen LogP contribution >= 0.6 is 0 Å². The van der Waals surface area contributed by atoms with Crippen LogP contribution in [0.4, 0.5) is 0 Å². The van der Waals surface area contributed by atoms with E-state index in [0.717, 1.165) is 0 Å². The topological polar surface area (TPSA) is 106 Å². The number of carbonyl (C=O) groups is 1. The number of amides is 1. The van der Waals surface area contributed by atoms with Gasteiger partial charge in [0.05, 0.1) is 30.0 Å². The fourth-order valence-electron chi connectivity index (χ4n) is 1.27. The smallest absolute Gasteiger partial charge is 0.270 e. The third-order valence-corrected chi connectivity index (χ3v) is 2.55. The summed E-state index contributed by atoms with van der Waals surface area (Å²) in [6.07, 6.45) is 0. The largest absolute Gasteiger partial charge is 0.394 e. The van der Waals surface area contributed by atoms with E-state index in [-0.39, 0.29) is 18.9 Å². The number of rotatable bonds is 4. The number of aliphatic hydroxyl groups is 2. The second-order valence-corrected chi connectivity index (χ2v) is 4.27. The molecule has 1 aromatic rings. The van der Waals surface area contributed by atoms with Crippen LogP contribution in [0.25, 0.3) is 0 Å². The Kier molecular flexibility index (Phi) is 4.37. The van der Waals surface area contributed by atoms with E-state index < -0.39 is 11.4 Å². The highest BCUT2D eigenvalue weighted by atomic mass is 16.3. The van der Waals surface area contributed by atoms with E-state index in [1.165, 1.54) is 19.1 Å². The molecule has 0 aliphatic carbocycles. The number of nitrogens with one attached hydrogen (secondary N) is 1. The van der Waals surface area contributed by atoms with Gasteiger partial charge in [0.25, 0.3) is 5.91 Å². The average Bonchev–Trinajstić information content (AvgIpc) is 2.38. The highest BCUT2D eigenvalue weighted by Crippen LogP contribution is 2.08. The zero-order chi connectivity index (χ0) is 13.8. The normalized spacial score (nSPS) is 10.8. The molecule has 0 spiro atoms. The molecule has 1 rings (SSSR count). The summed E-state index contributed by atoms with van der Waals surface area (Å²) >= 11 is 0. The molecule has 0 radical (unpaired) electrons. The molecule has 0 unspecified atom stereocenters. The Morgan fingerprint density at radius 1 is 1.50 bits per heavy atom. The molecule has 0 saturated heterocycles. The van der Waals surface area contributed by atoms with Crippen molar-refractivity contribution in [2.24, 2.45) is 0 Å². The number of pyridine rings is 1. The zero-order valence-corrected chi connectivity index (χ0v) is 10.3. The first-order chi connectivity index (χ1) is 8.45. The van der Waals surface area contributed by atoms with Gasteiger partial charge < -0.3 is 15.5 Å². The number of nitrogens with zero attached hydrogens (tertiary/aromatic N) is 2. The van der Waals surface area contributed by atoms with Crippen LogP contribution in [0.3, 0.4) is 0 Å². The predicted molar refractivity (Wildman–Crippen MR) is 63.7 cm³/mol. The third kappa shape index (κ3) is 3.03. The van der Waals surface area contributed by atoms with Crippen molar-refractivity contribution in [3.63, 3.8) is 0 Å². The van der Waals surface area contributed by atoms with Crippen molar-refractivity contribution >= 4 is 5.91 Å². The summed E-state index contributed by atoms with van der Waals surface area (Å²) in [5.74, 6) is -0.506. The van der Waals surface area contributed by atoms with E-state index in [1.54, 1.807) is 6.92 Å². The minimum atomic E-state index is -1.10. The first kappa shape index (κ1) is 14.1. The Balaban J connectivity index is 2.92. The van der Waals surface area contributed by atoms with Crippen LogP contribution in [-0.2, 0) is 0 Å². The Hall–Kier alpha value is -1.97. The lowest BCUT2D eigenvalue weighted by Crippen LogP contribution is -2.51. The molecular weight excluding hydrogens is 234 g/mol. The summed E-state index contributed by atoms with van der Waals surface area (Å²) in [6.45, 7) is 2.38. The van der Waals surface area contributed by atoms with E-state index in [1.807, 2.05) is 6.07 Å². The van der Waals surface area contributed by atoms with Gasteiger partial charge in [0, 0.05) is 0 Å². The molecule has 0 bridgehead atoms. The minimum absolute atomic E-state index is 0.139. The monoisotopic (exact) mass is 249 g/mol. The Labute approximate surface area is 105 Å². The Bertz CT molecular complexity index is 490. The number of hydrogen-bond donors (Lipinski definition) is 3. The second kappa shape index (κ2) is 5.58. The van der Waals surface area contributed by atoms with Gasteiger partial charge in [-0.15, -0.1) is 0 Å². The molecule has 1 heterocycles. The van der Waals surface area contributed by atoms with Crippen LogP contribution in [0.15, 0.2) is 12.1 Å². The summed E-state index contributed by atoms with van der Waals surface area (Å²) in [6, 6.07) is 4.89. The van der Waals surface area contributed by atoms with E-state index in [4.69, 9.17) is 15.5 Å². The molecule has 0 fully saturated rings. The predicted octanol–water partition coefficient (Wildman–Crippen LogP) is -0.265. The molecular formula is C12H15N3O3. The molecule has 6 nitrogen and oxygen atoms in total. The molecule has 6 heteroatoms. The van der Waals surface area contributed by atoms with E-state index in [9.17, 15) is 4.79 Å². The average molecular weight is 249 g/mol. The van der Waals surface area contributed by atoms with Crippen LogP contribution in [0, 0.1) is 18.3 Å². The van der Waals surface area contributed by atoms with Crippen LogP contribution < -0.4 is 5.32 Å². The minimum Gasteiger partial charge on any atom is -0.394 e. The molecule has 0 aliphatic rings. The van der Waals surface area contributed by atoms with E-state index in [0.29, 0.717) is 11.3 Å². The first-order valence-corrected chi connectivity index (χ1v) is 5.38. The molecule has 0 atom stereocenters. The summed E-state index contributed by atoms with van der Waals surface area (Å²) in [5, 5.41) is 29.4. The fourth-order valence-corrected chi connectivity index (χ4v) is 1.27. The van der Waals surface area contributed by atoms with Crippen molar-refractivity contribution in [1.29, 1.82) is 5.26 Å². The highest BCUT2D eigenvalue weighted by molar-refractivity contribution is 5.92. The molecule has 18 heavy (non-hydrogen) atoms. The van der Waals surface area contributed by atoms with Crippen LogP contribution in [0.5, 0.6) is 0 Å². The van der Waals surface area contributed by atoms with Gasteiger partial charge in [0.1, 0.15) is 11.8 Å². The summed E-state index contributed by atoms with van der Waals surface area (Å²) in [7, 11) is 0. The lowest BCUT2D eigenvalue weighted by atomic mass is 10.1. The van der Waals surface area contributed by atoms with Crippen LogP contribution in [0.2, 0.25) is 0 Å². The number of carbonyl (C=O) groups excluding carboxylic acids is 1. The second-order valence-electron chi connectivity index (χ2n) is 4.27. The number of aliphatic hydroxyl groups excluding tert-OH is 2. The Morgan fingerprint density at radius 2 is 2.11 bits per heavy atom. The van der Waals surface area contributed by atoms with Gasteiger partial charge in [0.2, 0.25) is 0 Å². The van der Waals surface area contributed by atoms with E-state index >= 15 is 0 Å². The van der Waals surface area contributed by atoms with Crippen molar-refractivity contribution in [1.82, 2.24) is 10.3 Å². The molecule has 1 aromatic heterocycles. The van der Waals surface area contributed by atoms with Crippen LogP contribution in [0.1, 0.15) is 28.7 Å². The first-order valence-electron chi connectivity index (χ1n) is 5.38. The van der Waals surface area contributed by atoms with Gasteiger partial charge >= 0.3 is 0 Å². The summed E-state index contributed by atoms with van der Waals surface area (Å²) < 4.78 is 0. The molecule has 0 aliphatic heterocycles. The van der Waals surface area contributed by atoms with E-state index in [2.05, 4.69) is 10.3 Å². The van der Waals surface area contributed by atoms with Crippen molar-refractivity contribution < 1.29 is 15.0 Å². The number of aryl methyl sites for hydroxylation is 1. The standard InChI is InChI=1S/C12H15N3O3/c1-8-9(5-13)3-4-10(14-8)11(18)15-12(2,6-16)7-17/h3-4,16-17H,6-7H2,1-2H3,(H,15,18). The molecule has 1 amide bonds. The van der Waals surface area contributed by atoms with Gasteiger partial charge in [-0.05, 0) is 26.0 Å². The van der Waals surface area contributed by atoms with Crippen molar-refractivity contribution in [3.05, 3.63) is 29.1 Å². The van der Waals surface area contributed by atoms with Gasteiger partial charge in [-0.3, -0.25) is 4.79 Å². The molecule has 96 valence electrons. The van der Waals surface area contributed by atoms with Gasteiger partial charge in [-0.2, -0.15) is 5.26 Å². The molecule has 3 N–H and O–H groups in total. The van der Waals surface area contributed by atoms with Crippen molar-refractivity contribution in [2.45, 2.75) is 19.4 Å². The highest BCUT2D eigenvalue weighted by Gasteiger charge is 2.25. The zero-order valence-electron chi connectivity index (χ0n) is 10.3. The molecule has 0 saturated carbocycles. The lowest BCUT2D eigenvalue weighted by Gasteiger charge is -2.25. The fraction of sp³-hybridized carbons (Fsp3) is 0.417. The number of nitriles is 1. The SMILES string of the molecule is Cc1nc(C(=O)NC(C)(CO)CO)ccc1C#N. The lowest BCUT2D eigenvalue weighted by molar-refractivity contribution is 0.0719. The molecule has 0 aromatic carbocycles.